The fourth-order valence-electron chi connectivity index (χ4n) is 4.03. The molecule has 20 heteroatoms. The summed E-state index contributed by atoms with van der Waals surface area (Å²) in [5.41, 5.74) is 4.06. The molecule has 0 unspecified atom stereocenters. The van der Waals surface area contributed by atoms with Crippen LogP contribution < -0.4 is 11.1 Å². The molecular weight excluding hydrogens is 601 g/mol. The Bertz CT molecular complexity index is 1450. The van der Waals surface area contributed by atoms with Crippen molar-refractivity contribution >= 4 is 69.6 Å². The summed E-state index contributed by atoms with van der Waals surface area (Å²) in [5, 5.41) is 24.0. The van der Waals surface area contributed by atoms with Crippen molar-refractivity contribution < 1.29 is 57.0 Å². The van der Waals surface area contributed by atoms with Crippen molar-refractivity contribution in [1.82, 2.24) is 20.1 Å². The third kappa shape index (κ3) is 6.01. The number of nitrogens with two attached hydrogens (primary N) is 1. The van der Waals surface area contributed by atoms with E-state index in [2.05, 4.69) is 20.3 Å². The van der Waals surface area contributed by atoms with E-state index in [1.165, 1.54) is 6.08 Å². The summed E-state index contributed by atoms with van der Waals surface area (Å²) >= 11 is 1.82. The van der Waals surface area contributed by atoms with Crippen molar-refractivity contribution in [1.29, 1.82) is 0 Å². The Labute approximate surface area is 234 Å². The third-order valence-corrected chi connectivity index (χ3v) is 7.78. The molecule has 3 amide bonds. The monoisotopic (exact) mass is 618 g/mol. The van der Waals surface area contributed by atoms with E-state index in [-0.39, 0.29) is 40.7 Å². The number of nitrogen functional groups attached to an aromatic ring is 1. The lowest BCUT2D eigenvalue weighted by Crippen LogP contribution is -2.71. The van der Waals surface area contributed by atoms with Gasteiger partial charge in [-0.2, -0.15) is 13.2 Å². The lowest BCUT2D eigenvalue weighted by molar-refractivity contribution is -0.199. The fourth-order valence-corrected chi connectivity index (χ4v) is 5.88. The number of alkyl halides is 3. The van der Waals surface area contributed by atoms with Crippen LogP contribution in [0.1, 0.15) is 12.1 Å². The highest BCUT2D eigenvalue weighted by molar-refractivity contribution is 8.00. The normalized spacial score (nSPS) is 22.0. The Morgan fingerprint density at radius 2 is 1.98 bits per heavy atom. The maximum Gasteiger partial charge on any atom is 0.493 e. The summed E-state index contributed by atoms with van der Waals surface area (Å²) in [4.78, 5) is 82.0. The highest BCUT2D eigenvalue weighted by Crippen LogP contribution is 2.41. The average molecular weight is 619 g/mol. The lowest BCUT2D eigenvalue weighted by atomic mass is 10.0. The zero-order chi connectivity index (χ0) is 30.2. The number of allylic oxidation sites excluding steroid dienone is 1. The molecule has 0 aliphatic carbocycles. The van der Waals surface area contributed by atoms with Gasteiger partial charge in [0, 0.05) is 23.3 Å². The van der Waals surface area contributed by atoms with Crippen LogP contribution in [0.4, 0.5) is 18.3 Å². The predicted molar refractivity (Wildman–Crippen MR) is 132 cm³/mol. The van der Waals surface area contributed by atoms with Crippen molar-refractivity contribution in [2.45, 2.75) is 24.0 Å². The highest BCUT2D eigenvalue weighted by atomic mass is 32.2. The first-order chi connectivity index (χ1) is 19.2. The molecule has 2 saturated heterocycles. The third-order valence-electron chi connectivity index (χ3n) is 5.81. The zero-order valence-electron chi connectivity index (χ0n) is 20.2. The van der Waals surface area contributed by atoms with Crippen LogP contribution in [0, 0.1) is 0 Å². The molecule has 15 nitrogen and oxygen atoms in total. The van der Waals surface area contributed by atoms with Crippen LogP contribution in [0.25, 0.3) is 0 Å². The minimum absolute atomic E-state index is 0.0229. The van der Waals surface area contributed by atoms with Gasteiger partial charge in [-0.25, -0.2) is 14.6 Å². The number of carboxylic acid groups (broad SMARTS) is 2. The van der Waals surface area contributed by atoms with E-state index in [9.17, 15) is 47.0 Å². The van der Waals surface area contributed by atoms with Crippen LogP contribution in [0.2, 0.25) is 0 Å². The average Bonchev–Trinajstić information content (AvgIpc) is 3.46. The number of thiazole rings is 1. The Morgan fingerprint density at radius 3 is 2.56 bits per heavy atom. The predicted octanol–water partition coefficient (Wildman–Crippen LogP) is -0.483. The maximum absolute atomic E-state index is 13.0. The number of aliphatic carboxylic acids is 2. The summed E-state index contributed by atoms with van der Waals surface area (Å²) < 4.78 is 37.6. The molecular formula is C21H17F3N6O9S2. The van der Waals surface area contributed by atoms with Gasteiger partial charge in [0.1, 0.15) is 29.4 Å². The zero-order valence-corrected chi connectivity index (χ0v) is 21.8. The number of likely N-dealkylation sites (tertiary alicyclic amines) is 1. The molecule has 3 aliphatic rings. The van der Waals surface area contributed by atoms with Gasteiger partial charge in [0.05, 0.1) is 0 Å². The summed E-state index contributed by atoms with van der Waals surface area (Å²) in [6, 6.07) is -1.35. The number of rotatable bonds is 8. The van der Waals surface area contributed by atoms with Crippen LogP contribution in [-0.2, 0) is 33.6 Å². The summed E-state index contributed by atoms with van der Waals surface area (Å²) in [6.45, 7) is -0.413. The minimum atomic E-state index is -5.42. The van der Waals surface area contributed by atoms with E-state index >= 15 is 0 Å². The van der Waals surface area contributed by atoms with Gasteiger partial charge in [0.15, 0.2) is 10.8 Å². The standard InChI is InChI=1S/C21H17F3N6O9S2/c22-21(23,24)19(38)39-28-11(9-6-41-20(25)26-9)14(33)27-12-16(35)30-13(18(36)37)8(5-40-17(12)30)3-7-1-2-29(15(7)34)4-10(31)32/h3,6,12,17H,1-2,4-5H2,(H2,25,26)(H,27,33)(H,31,32)(H,36,37)/b7-3+,28-11-/t12-,17-/m1/s1. The molecule has 0 radical (unpaired) electrons. The van der Waals surface area contributed by atoms with E-state index in [1.807, 2.05) is 0 Å². The second-order valence-corrected chi connectivity index (χ2v) is 10.5. The molecule has 41 heavy (non-hydrogen) atoms. The van der Waals surface area contributed by atoms with Crippen LogP contribution in [0.5, 0.6) is 0 Å². The van der Waals surface area contributed by atoms with E-state index < -0.39 is 71.2 Å². The largest absolute Gasteiger partial charge is 0.493 e. The van der Waals surface area contributed by atoms with Crippen LogP contribution >= 0.6 is 23.1 Å². The van der Waals surface area contributed by atoms with Gasteiger partial charge in [-0.1, -0.05) is 5.16 Å². The minimum Gasteiger partial charge on any atom is -0.480 e. The SMILES string of the molecule is Nc1nc(/C(=N/OC(=O)C(F)(F)F)C(=O)N[C@@H]2C(=O)N3C(C(=O)O)=C(/C=C4\CCN(CC(=O)O)C4=O)CS[C@H]23)cs1. The number of oxime groups is 1. The van der Waals surface area contributed by atoms with E-state index in [0.717, 1.165) is 38.3 Å². The molecule has 2 atom stereocenters. The van der Waals surface area contributed by atoms with Gasteiger partial charge in [-0.05, 0) is 18.1 Å². The molecule has 5 N–H and O–H groups in total. The first-order valence-electron chi connectivity index (χ1n) is 11.2. The number of carbonyl (C=O) groups excluding carboxylic acids is 4. The van der Waals surface area contributed by atoms with Crippen LogP contribution in [-0.4, -0.2) is 103 Å². The molecule has 4 heterocycles. The topological polar surface area (TPSA) is 222 Å². The van der Waals surface area contributed by atoms with Gasteiger partial charge in [-0.3, -0.25) is 24.1 Å². The van der Waals surface area contributed by atoms with Gasteiger partial charge in [-0.15, -0.1) is 23.1 Å². The number of hydrogen-bond donors (Lipinski definition) is 4. The first kappa shape index (κ1) is 29.5. The molecule has 1 aromatic heterocycles. The number of halogens is 3. The molecule has 0 spiro atoms. The smallest absolute Gasteiger partial charge is 0.480 e. The first-order valence-corrected chi connectivity index (χ1v) is 13.1. The van der Waals surface area contributed by atoms with Crippen LogP contribution in [0.3, 0.4) is 0 Å². The number of carboxylic acids is 2. The molecule has 3 aliphatic heterocycles. The van der Waals surface area contributed by atoms with Crippen molar-refractivity contribution in [3.63, 3.8) is 0 Å². The highest BCUT2D eigenvalue weighted by Gasteiger charge is 2.54. The molecule has 0 bridgehead atoms. The summed E-state index contributed by atoms with van der Waals surface area (Å²) in [6.07, 6.45) is -3.96. The second kappa shape index (κ2) is 11.2. The Balaban J connectivity index is 1.54. The fraction of sp³-hybridized carbons (Fsp3) is 0.333. The van der Waals surface area contributed by atoms with Crippen molar-refractivity contribution in [2.75, 3.05) is 24.6 Å². The number of amides is 3. The van der Waals surface area contributed by atoms with Gasteiger partial charge >= 0.3 is 24.1 Å². The van der Waals surface area contributed by atoms with E-state index in [0.29, 0.717) is 0 Å². The van der Waals surface area contributed by atoms with Gasteiger partial charge in [0.2, 0.25) is 5.91 Å². The quantitative estimate of drug-likeness (QED) is 0.0954. The van der Waals surface area contributed by atoms with Crippen LogP contribution in [0.15, 0.2) is 33.5 Å². The number of thioether (sulfide) groups is 1. The van der Waals surface area contributed by atoms with Crippen molar-refractivity contribution in [2.24, 2.45) is 5.16 Å². The van der Waals surface area contributed by atoms with Crippen molar-refractivity contribution in [3.8, 4) is 0 Å². The Morgan fingerprint density at radius 1 is 1.27 bits per heavy atom. The number of fused-ring (bicyclic) bond motifs is 1. The molecule has 1 aromatic rings. The summed E-state index contributed by atoms with van der Waals surface area (Å²) in [5.74, 6) is -8.20. The number of nitrogens with zero attached hydrogens (tertiary/aromatic N) is 4. The summed E-state index contributed by atoms with van der Waals surface area (Å²) in [7, 11) is 0. The van der Waals surface area contributed by atoms with Gasteiger partial charge < -0.3 is 31.0 Å². The number of carbonyl (C=O) groups is 6. The molecule has 2 fully saturated rings. The number of aromatic nitrogens is 1. The molecule has 0 aromatic carbocycles. The Hall–Kier alpha value is -4.46. The number of hydrogen-bond acceptors (Lipinski definition) is 12. The van der Waals surface area contributed by atoms with Gasteiger partial charge in [0.25, 0.3) is 11.8 Å². The van der Waals surface area contributed by atoms with E-state index in [4.69, 9.17) is 10.8 Å². The lowest BCUT2D eigenvalue weighted by Gasteiger charge is -2.49. The Kier molecular flexibility index (Phi) is 8.06. The molecule has 218 valence electrons. The maximum atomic E-state index is 13.0. The molecule has 4 rings (SSSR count). The van der Waals surface area contributed by atoms with E-state index in [1.54, 1.807) is 0 Å². The number of nitrogens with one attached hydrogen (secondary N) is 1. The second-order valence-electron chi connectivity index (χ2n) is 8.47. The number of β-lactam (4-membered cyclic amide) rings is 1. The number of anilines is 1. The van der Waals surface area contributed by atoms with Crippen molar-refractivity contribution in [3.05, 3.63) is 34.0 Å². The molecule has 0 saturated carbocycles.